The Bertz CT molecular complexity index is 647. The van der Waals surface area contributed by atoms with Crippen LogP contribution in [-0.2, 0) is 4.79 Å². The van der Waals surface area contributed by atoms with Gasteiger partial charge in [-0.3, -0.25) is 14.5 Å². The van der Waals surface area contributed by atoms with Crippen molar-refractivity contribution in [1.29, 1.82) is 0 Å². The highest BCUT2D eigenvalue weighted by molar-refractivity contribution is 6.23. The van der Waals surface area contributed by atoms with E-state index in [0.29, 0.717) is 5.56 Å². The Balaban J connectivity index is 2.16. The second-order valence-electron chi connectivity index (χ2n) is 4.24. The van der Waals surface area contributed by atoms with Crippen molar-refractivity contribution in [3.63, 3.8) is 0 Å². The van der Waals surface area contributed by atoms with Crippen LogP contribution < -0.4 is 4.90 Å². The van der Waals surface area contributed by atoms with Crippen molar-refractivity contribution in [2.24, 2.45) is 0 Å². The molecule has 0 N–H and O–H groups in total. The van der Waals surface area contributed by atoms with Crippen molar-refractivity contribution in [2.75, 3.05) is 4.90 Å². The molecule has 88 valence electrons. The van der Waals surface area contributed by atoms with Crippen LogP contribution in [0.4, 0.5) is 11.4 Å². The van der Waals surface area contributed by atoms with Crippen LogP contribution in [0.2, 0.25) is 0 Å². The Morgan fingerprint density at radius 1 is 1.06 bits per heavy atom. The van der Waals surface area contributed by atoms with E-state index in [9.17, 15) is 9.59 Å². The second kappa shape index (κ2) is 3.81. The van der Waals surface area contributed by atoms with Crippen LogP contribution >= 0.6 is 0 Å². The minimum Gasteiger partial charge on any atom is -0.298 e. The first-order valence-corrected chi connectivity index (χ1v) is 5.72. The summed E-state index contributed by atoms with van der Waals surface area (Å²) in [5, 5.41) is 0. The molecule has 0 atom stereocenters. The molecule has 0 unspecified atom stereocenters. The average Bonchev–Trinajstić information content (AvgIpc) is 3.14. The van der Waals surface area contributed by atoms with Gasteiger partial charge < -0.3 is 0 Å². The molecule has 1 aliphatic heterocycles. The molecule has 0 bridgehead atoms. The van der Waals surface area contributed by atoms with Crippen molar-refractivity contribution in [1.82, 2.24) is 0 Å². The molecule has 3 rings (SSSR count). The number of nitrogens with zero attached hydrogens (tertiary/aromatic N) is 1. The van der Waals surface area contributed by atoms with Gasteiger partial charge in [0.15, 0.2) is 6.29 Å². The van der Waals surface area contributed by atoms with Crippen LogP contribution in [0.15, 0.2) is 42.5 Å². The van der Waals surface area contributed by atoms with Crippen LogP contribution in [0, 0.1) is 0 Å². The van der Waals surface area contributed by atoms with E-state index in [2.05, 4.69) is 0 Å². The van der Waals surface area contributed by atoms with Gasteiger partial charge in [0, 0.05) is 18.1 Å². The van der Waals surface area contributed by atoms with Crippen molar-refractivity contribution in [2.45, 2.75) is 6.92 Å². The van der Waals surface area contributed by atoms with Crippen LogP contribution in [0.25, 0.3) is 11.1 Å². The first-order valence-electron chi connectivity index (χ1n) is 5.72. The smallest absolute Gasteiger partial charge is 0.228 e. The summed E-state index contributed by atoms with van der Waals surface area (Å²) in [5.74, 6) is -0.0588. The molecule has 3 nitrogen and oxygen atoms in total. The molecule has 0 saturated heterocycles. The quantitative estimate of drug-likeness (QED) is 0.594. The van der Waals surface area contributed by atoms with Crippen molar-refractivity contribution in [3.8, 4) is 11.1 Å². The van der Waals surface area contributed by atoms with Crippen molar-refractivity contribution < 1.29 is 9.59 Å². The second-order valence-corrected chi connectivity index (χ2v) is 4.24. The monoisotopic (exact) mass is 237 g/mol. The Morgan fingerprint density at radius 2 is 1.78 bits per heavy atom. The van der Waals surface area contributed by atoms with Gasteiger partial charge >= 0.3 is 0 Å². The predicted octanol–water partition coefficient (Wildman–Crippen LogP) is 3.16. The number of carbonyl (C=O) groups is 2. The zero-order valence-corrected chi connectivity index (χ0v) is 9.88. The number of rotatable bonds is 2. The molecule has 0 aliphatic carbocycles. The molecule has 0 radical (unpaired) electrons. The predicted molar refractivity (Wildman–Crippen MR) is 70.1 cm³/mol. The van der Waals surface area contributed by atoms with E-state index in [1.807, 2.05) is 36.4 Å². The van der Waals surface area contributed by atoms with Crippen molar-refractivity contribution in [3.05, 3.63) is 48.0 Å². The Labute approximate surface area is 105 Å². The number of hydrogen-bond acceptors (Lipinski definition) is 2. The highest BCUT2D eigenvalue weighted by atomic mass is 16.2. The summed E-state index contributed by atoms with van der Waals surface area (Å²) >= 11 is 0. The van der Waals surface area contributed by atoms with E-state index < -0.39 is 0 Å². The molecule has 1 aliphatic rings. The third-order valence-corrected chi connectivity index (χ3v) is 3.11. The maximum atomic E-state index is 11.5. The average molecular weight is 237 g/mol. The lowest BCUT2D eigenvalue weighted by atomic mass is 10.0. The van der Waals surface area contributed by atoms with Gasteiger partial charge in [0.25, 0.3) is 0 Å². The first kappa shape index (κ1) is 10.7. The number of fused-ring (bicyclic) bond motifs is 1. The van der Waals surface area contributed by atoms with E-state index in [0.717, 1.165) is 28.8 Å². The fourth-order valence-corrected chi connectivity index (χ4v) is 2.27. The van der Waals surface area contributed by atoms with Gasteiger partial charge in [-0.05, 0) is 11.6 Å². The third-order valence-electron chi connectivity index (χ3n) is 3.11. The number of benzene rings is 2. The lowest BCUT2D eigenvalue weighted by molar-refractivity contribution is -0.115. The molecule has 0 spiro atoms. The number of hydrogen-bond donors (Lipinski definition) is 0. The molecule has 3 heteroatoms. The number of anilines is 2. The van der Waals surface area contributed by atoms with E-state index >= 15 is 0 Å². The SMILES string of the molecule is CC(=O)N1c2c(C=O)ccc(-c3ccccc3)c21. The summed E-state index contributed by atoms with van der Waals surface area (Å²) in [5.41, 5.74) is 4.22. The molecular weight excluding hydrogens is 226 g/mol. The number of aldehydes is 1. The molecule has 1 heterocycles. The molecule has 2 aromatic rings. The Kier molecular flexibility index (Phi) is 2.27. The normalized spacial score (nSPS) is 11.9. The zero-order chi connectivity index (χ0) is 12.7. The summed E-state index contributed by atoms with van der Waals surface area (Å²) in [6.45, 7) is 1.50. The molecule has 18 heavy (non-hydrogen) atoms. The van der Waals surface area contributed by atoms with E-state index in [4.69, 9.17) is 0 Å². The van der Waals surface area contributed by atoms with Crippen LogP contribution in [0.1, 0.15) is 17.3 Å². The number of carbonyl (C=O) groups excluding carboxylic acids is 2. The van der Waals surface area contributed by atoms with Gasteiger partial charge in [0.05, 0.1) is 11.4 Å². The minimum absolute atomic E-state index is 0.0588. The highest BCUT2D eigenvalue weighted by Gasteiger charge is 2.38. The molecule has 2 aromatic carbocycles. The zero-order valence-electron chi connectivity index (χ0n) is 9.88. The molecular formula is C15H11NO2. The Morgan fingerprint density at radius 3 is 2.39 bits per heavy atom. The lowest BCUT2D eigenvalue weighted by Crippen LogP contribution is -2.07. The molecule has 0 aromatic heterocycles. The van der Waals surface area contributed by atoms with Gasteiger partial charge in [-0.25, -0.2) is 0 Å². The van der Waals surface area contributed by atoms with Gasteiger partial charge in [0.1, 0.15) is 0 Å². The van der Waals surface area contributed by atoms with E-state index in [-0.39, 0.29) is 5.91 Å². The van der Waals surface area contributed by atoms with Gasteiger partial charge in [-0.15, -0.1) is 0 Å². The lowest BCUT2D eigenvalue weighted by Gasteiger charge is -2.00. The van der Waals surface area contributed by atoms with Gasteiger partial charge in [0.2, 0.25) is 5.91 Å². The van der Waals surface area contributed by atoms with Gasteiger partial charge in [-0.2, -0.15) is 0 Å². The van der Waals surface area contributed by atoms with Crippen molar-refractivity contribution >= 4 is 23.6 Å². The summed E-state index contributed by atoms with van der Waals surface area (Å²) < 4.78 is 0. The van der Waals surface area contributed by atoms with Crippen LogP contribution in [0.5, 0.6) is 0 Å². The first-order chi connectivity index (χ1) is 8.74. The fourth-order valence-electron chi connectivity index (χ4n) is 2.27. The maximum Gasteiger partial charge on any atom is 0.228 e. The Hall–Kier alpha value is -2.42. The fraction of sp³-hybridized carbons (Fsp3) is 0.0667. The molecule has 1 amide bonds. The largest absolute Gasteiger partial charge is 0.298 e. The summed E-state index contributed by atoms with van der Waals surface area (Å²) in [6.07, 6.45) is 0.788. The van der Waals surface area contributed by atoms with E-state index in [1.54, 1.807) is 11.0 Å². The molecule has 0 fully saturated rings. The van der Waals surface area contributed by atoms with Crippen LogP contribution in [-0.4, -0.2) is 12.2 Å². The molecule has 0 saturated carbocycles. The maximum absolute atomic E-state index is 11.5. The third kappa shape index (κ3) is 1.44. The minimum atomic E-state index is -0.0588. The highest BCUT2D eigenvalue weighted by Crippen LogP contribution is 2.55. The standard InChI is InChI=1S/C15H11NO2/c1-10(18)16-14-12(9-17)7-8-13(15(14)16)11-5-3-2-4-6-11/h2-9H,1H3. The summed E-state index contributed by atoms with van der Waals surface area (Å²) in [6, 6.07) is 13.5. The number of amides is 1. The summed E-state index contributed by atoms with van der Waals surface area (Å²) in [7, 11) is 0. The van der Waals surface area contributed by atoms with Gasteiger partial charge in [-0.1, -0.05) is 36.4 Å². The topological polar surface area (TPSA) is 37.1 Å². The summed E-state index contributed by atoms with van der Waals surface area (Å²) in [4.78, 5) is 24.1. The van der Waals surface area contributed by atoms with Crippen LogP contribution in [0.3, 0.4) is 0 Å². The van der Waals surface area contributed by atoms with E-state index in [1.165, 1.54) is 6.92 Å².